The van der Waals surface area contributed by atoms with E-state index in [1.54, 1.807) is 12.1 Å². The number of benzene rings is 4. The molecule has 0 unspecified atom stereocenters. The first-order chi connectivity index (χ1) is 63.9. The summed E-state index contributed by atoms with van der Waals surface area (Å²) in [7, 11) is -4.44. The molecule has 0 radical (unpaired) electrons. The maximum atomic E-state index is 14.7. The molecule has 8 fully saturated rings. The third kappa shape index (κ3) is 39.5. The standard InChI is InChI=1S/C25H38FN3O5S.C25H37FN2O4.C24H35FN2O4.C17H22FNO3.C8H16BrNO.CH5NO2S.Li.H2O/c1-16(2)29(17(3)4)24(30)14-28-10-8-18(9-11-28)15-34-23-13-22(26)21(12-20(23)19-6-7-19)25(31)27-35(5,32)33;1-16(2)28(17(3)4)24(29)14-27-10-8-18(9-11-27)15-32-23-13-22(26)21(25(30)31-5)12-20(23)19-6-7-19;1-15(2)27(16(3)4)23(28)13-26-9-7-17(8-10-26)14-31-22-12-21(25)20(24(29)30)11-19(22)18-5-6-18;1-21-17(20)14-8-13(12-2-3-12)16(9-15(14)18)22-10-11-4-6-19-7-5-11;1-6(2)10(7(3)4)8(11)5-9;1-5(2,3)4;;/h12-13,16-19H,6-11,14-15H2,1-5H3,(H,27,31);12-13,16-19H,6-11,14-15H2,1-5H3;11-12,15-18H,5-10,13-14H2,1-4H3,(H,29,30);8-9,11-12,19H,2-7,10H2,1H3;6-7H,5H2,1-4H3;1H3,(H2,2,3,4);;1H2/q;;;;;;+1;/p-1. The van der Waals surface area contributed by atoms with Crippen molar-refractivity contribution in [3.8, 4) is 23.0 Å². The molecule has 8 aliphatic rings. The number of hydrogen-bond donors (Lipinski definition) is 4. The number of likely N-dealkylation sites (tertiary alicyclic amines) is 3. The maximum absolute atomic E-state index is 14.7. The number of halogens is 5. The Labute approximate surface area is 837 Å². The molecule has 12 rings (SSSR count). The molecule has 38 heteroatoms. The van der Waals surface area contributed by atoms with E-state index in [-0.39, 0.29) is 124 Å². The van der Waals surface area contributed by atoms with E-state index in [2.05, 4.69) is 73.5 Å². The predicted molar refractivity (Wildman–Crippen MR) is 524 cm³/mol. The SMILES string of the molecule is CC(C)N(C(=O)CBr)C(C)C.CC(C)N(C(=O)CN1CCC(COc2cc(F)c(C(=O)NS(C)(=O)=O)cc2C2CC2)CC1)C(C)C.CC(C)N(C(=O)CN1CCC(COc2cc(F)c(C(=O)O)cc2C2CC2)CC1)C(C)C.COC(=O)c1cc(C2CC2)c(OCC2CCN(CC(=O)N(C(C)C)C(C)C)CC2)cc1F.COC(=O)c1cc(C2CC2)c(OCC2CCNCC2)cc1F.CS(N)(=O)=O.[Li+].[OH-]. The van der Waals surface area contributed by atoms with Crippen LogP contribution in [0.25, 0.3) is 0 Å². The molecule has 30 nitrogen and oxygen atoms in total. The third-order valence-corrected chi connectivity index (χ3v) is 26.3. The van der Waals surface area contributed by atoms with Gasteiger partial charge in [-0.3, -0.25) is 38.7 Å². The van der Waals surface area contributed by atoms with E-state index in [4.69, 9.17) is 23.7 Å². The van der Waals surface area contributed by atoms with Crippen molar-refractivity contribution in [1.82, 2.24) is 44.3 Å². The number of methoxy groups -OCH3 is 2. The van der Waals surface area contributed by atoms with Gasteiger partial charge in [-0.05, 0) is 360 Å². The Kier molecular flexibility index (Phi) is 49.9. The van der Waals surface area contributed by atoms with Crippen LogP contribution in [0.4, 0.5) is 17.6 Å². The fourth-order valence-corrected chi connectivity index (χ4v) is 18.9. The summed E-state index contributed by atoms with van der Waals surface area (Å²) in [4.78, 5) is 111. The molecule has 0 spiro atoms. The van der Waals surface area contributed by atoms with Crippen LogP contribution >= 0.6 is 15.9 Å². The first-order valence-electron chi connectivity index (χ1n) is 48.4. The molecule has 4 aromatic rings. The summed E-state index contributed by atoms with van der Waals surface area (Å²) in [5.41, 5.74) is 2.78. The smallest absolute Gasteiger partial charge is 0.870 e. The Hall–Kier alpha value is -7.70. The average molecular weight is 2040 g/mol. The molecule has 0 bridgehead atoms. The molecule has 138 heavy (non-hydrogen) atoms. The number of aromatic carboxylic acids is 1. The van der Waals surface area contributed by atoms with Gasteiger partial charge in [-0.15, -0.1) is 0 Å². The molecule has 4 saturated carbocycles. The normalized spacial score (nSPS) is 16.9. The number of hydrogen-bond acceptors (Lipinski definition) is 23. The number of primary sulfonamides is 1. The van der Waals surface area contributed by atoms with E-state index in [9.17, 15) is 77.9 Å². The number of amides is 5. The van der Waals surface area contributed by atoms with Gasteiger partial charge in [0.25, 0.3) is 5.91 Å². The van der Waals surface area contributed by atoms with Crippen molar-refractivity contribution < 1.29 is 131 Å². The van der Waals surface area contributed by atoms with Gasteiger partial charge in [-0.1, -0.05) is 15.9 Å². The zero-order chi connectivity index (χ0) is 101. The molecule has 0 aromatic heterocycles. The number of carboxylic acid groups (broad SMARTS) is 1. The average Bonchev–Trinajstić information content (AvgIpc) is 1.61. The summed E-state index contributed by atoms with van der Waals surface area (Å²) in [5.74, 6) is -0.903. The Bertz CT molecular complexity index is 4820. The largest absolute Gasteiger partial charge is 1.00 e. The minimum Gasteiger partial charge on any atom is -0.870 e. The minimum absolute atomic E-state index is 0. The molecule has 5 amide bonds. The molecule has 4 aliphatic heterocycles. The summed E-state index contributed by atoms with van der Waals surface area (Å²) >= 11 is 3.16. The Morgan fingerprint density at radius 3 is 0.848 bits per heavy atom. The summed E-state index contributed by atoms with van der Waals surface area (Å²) < 4.78 is 134. The van der Waals surface area contributed by atoms with E-state index in [1.165, 1.54) is 50.6 Å². The second kappa shape index (κ2) is 57.0. The topological polar surface area (TPSA) is 383 Å². The van der Waals surface area contributed by atoms with Crippen molar-refractivity contribution in [3.63, 3.8) is 0 Å². The number of rotatable bonds is 36. The van der Waals surface area contributed by atoms with E-state index >= 15 is 0 Å². The fourth-order valence-electron chi connectivity index (χ4n) is 18.1. The number of nitrogens with one attached hydrogen (secondary N) is 2. The fraction of sp³-hybridized carbons (Fsp3) is 0.680. The number of nitrogens with zero attached hydrogens (tertiary/aromatic N) is 7. The van der Waals surface area contributed by atoms with Crippen molar-refractivity contribution in [1.29, 1.82) is 0 Å². The first kappa shape index (κ1) is 121. The molecular weight excluding hydrogens is 1890 g/mol. The molecule has 4 aliphatic carbocycles. The number of carbonyl (C=O) groups is 8. The first-order valence-corrected chi connectivity index (χ1v) is 53.3. The van der Waals surface area contributed by atoms with Gasteiger partial charge in [-0.2, -0.15) is 0 Å². The van der Waals surface area contributed by atoms with Gasteiger partial charge in [0.15, 0.2) is 0 Å². The van der Waals surface area contributed by atoms with Crippen LogP contribution in [0.1, 0.15) is 301 Å². The number of sulfonamides is 2. The molecule has 4 aromatic carbocycles. The number of alkyl halides is 1. The Morgan fingerprint density at radius 2 is 0.630 bits per heavy atom. The van der Waals surface area contributed by atoms with Crippen molar-refractivity contribution in [2.45, 2.75) is 286 Å². The molecule has 4 saturated heterocycles. The van der Waals surface area contributed by atoms with Gasteiger partial charge in [0.2, 0.25) is 43.7 Å². The number of carbonyl (C=O) groups excluding carboxylic acids is 7. The second-order valence-electron chi connectivity index (χ2n) is 39.6. The Morgan fingerprint density at radius 1 is 0.406 bits per heavy atom. The van der Waals surface area contributed by atoms with Crippen LogP contribution in [0, 0.1) is 46.9 Å². The third-order valence-electron chi connectivity index (χ3n) is 25.3. The van der Waals surface area contributed by atoms with Gasteiger partial charge in [-0.25, -0.2) is 58.6 Å². The quantitative estimate of drug-likeness (QED) is 0.0142. The van der Waals surface area contributed by atoms with Crippen molar-refractivity contribution in [3.05, 3.63) is 116 Å². The Balaban J connectivity index is 0.000000309. The molecule has 6 N–H and O–H groups in total. The van der Waals surface area contributed by atoms with E-state index in [1.807, 2.05) is 107 Å². The van der Waals surface area contributed by atoms with Gasteiger partial charge < -0.3 is 63.9 Å². The zero-order valence-corrected chi connectivity index (χ0v) is 88.4. The molecular formula is C100H154BrF4LiN10O20S2. The number of carboxylic acids is 1. The van der Waals surface area contributed by atoms with Gasteiger partial charge >= 0.3 is 36.8 Å². The monoisotopic (exact) mass is 2040 g/mol. The van der Waals surface area contributed by atoms with Gasteiger partial charge in [0.1, 0.15) is 46.3 Å². The van der Waals surface area contributed by atoms with E-state index in [0.717, 1.165) is 190 Å². The van der Waals surface area contributed by atoms with Crippen molar-refractivity contribution in [2.75, 3.05) is 130 Å². The number of esters is 2. The molecule has 772 valence electrons. The summed E-state index contributed by atoms with van der Waals surface area (Å²) in [6.45, 7) is 43.0. The van der Waals surface area contributed by atoms with Gasteiger partial charge in [0.05, 0.1) is 100 Å². The zero-order valence-electron chi connectivity index (χ0n) is 85.1. The number of ether oxygens (including phenoxy) is 6. The summed E-state index contributed by atoms with van der Waals surface area (Å²) in [6, 6.07) is 12.9. The van der Waals surface area contributed by atoms with Crippen LogP contribution in [0.5, 0.6) is 23.0 Å². The number of piperidine rings is 4. The summed E-state index contributed by atoms with van der Waals surface area (Å²) in [5, 5.41) is 17.3. The van der Waals surface area contributed by atoms with Crippen LogP contribution < -0.4 is 53.0 Å². The van der Waals surface area contributed by atoms with Crippen LogP contribution in [0.2, 0.25) is 0 Å². The van der Waals surface area contributed by atoms with Crippen molar-refractivity contribution >= 4 is 83.4 Å². The minimum atomic E-state index is -3.79. The van der Waals surface area contributed by atoms with Crippen LogP contribution in [-0.4, -0.2) is 288 Å². The van der Waals surface area contributed by atoms with E-state index < -0.39 is 67.1 Å². The molecule has 4 heterocycles. The van der Waals surface area contributed by atoms with E-state index in [0.29, 0.717) is 116 Å². The van der Waals surface area contributed by atoms with Crippen LogP contribution in [0.15, 0.2) is 48.5 Å². The number of nitrogens with two attached hydrogens (primary N) is 1. The van der Waals surface area contributed by atoms with Crippen LogP contribution in [-0.2, 0) is 48.7 Å². The second-order valence-corrected chi connectivity index (χ2v) is 43.5. The molecule has 0 atom stereocenters. The van der Waals surface area contributed by atoms with Crippen molar-refractivity contribution in [2.24, 2.45) is 28.8 Å². The van der Waals surface area contributed by atoms with Crippen LogP contribution in [0.3, 0.4) is 0 Å². The maximum Gasteiger partial charge on any atom is 1.00 e. The van der Waals surface area contributed by atoms with Gasteiger partial charge in [0, 0.05) is 72.6 Å². The predicted octanol–water partition coefficient (Wildman–Crippen LogP) is 12.1. The summed E-state index contributed by atoms with van der Waals surface area (Å²) in [6.07, 6.45) is 17.4.